The number of aryl methyl sites for hydroxylation is 2. The van der Waals surface area contributed by atoms with Crippen LogP contribution in [0, 0.1) is 0 Å². The van der Waals surface area contributed by atoms with E-state index in [9.17, 15) is 0 Å². The van der Waals surface area contributed by atoms with Crippen LogP contribution in [-0.4, -0.2) is 19.9 Å². The minimum absolute atomic E-state index is 0.502. The number of hydrogen-bond donors (Lipinski definition) is 4. The number of fused-ring (bicyclic) bond motifs is 2. The second-order valence-electron chi connectivity index (χ2n) is 6.83. The molecule has 0 saturated heterocycles. The van der Waals surface area contributed by atoms with Gasteiger partial charge in [-0.1, -0.05) is 24.3 Å². The normalized spacial score (nSPS) is 11.3. The van der Waals surface area contributed by atoms with Gasteiger partial charge in [0.25, 0.3) is 0 Å². The molecule has 5 aromatic rings. The number of aromatic amines is 2. The summed E-state index contributed by atoms with van der Waals surface area (Å²) in [7, 11) is 0. The standard InChI is InChI=1S/C22H20N6/c23-21-15(9-8-14-12-25-18-5-2-1-4-16(14)18)13-26-22(28-21)27-20-7-3-6-19-17(20)10-11-24-19/h1-7,10-13,24-25H,8-9H2,(H3,23,26,27,28). The van der Waals surface area contributed by atoms with Crippen LogP contribution in [0.25, 0.3) is 21.8 Å². The van der Waals surface area contributed by atoms with Gasteiger partial charge in [0.05, 0.1) is 5.69 Å². The predicted octanol–water partition coefficient (Wildman–Crippen LogP) is 4.55. The second-order valence-corrected chi connectivity index (χ2v) is 6.83. The van der Waals surface area contributed by atoms with Crippen molar-refractivity contribution in [2.75, 3.05) is 11.1 Å². The van der Waals surface area contributed by atoms with Crippen molar-refractivity contribution >= 4 is 39.3 Å². The van der Waals surface area contributed by atoms with E-state index >= 15 is 0 Å². The molecular formula is C22H20N6. The smallest absolute Gasteiger partial charge is 0.229 e. The van der Waals surface area contributed by atoms with Crippen molar-refractivity contribution in [2.45, 2.75) is 12.8 Å². The number of nitrogen functional groups attached to an aromatic ring is 1. The second kappa shape index (κ2) is 6.74. The number of aromatic nitrogens is 4. The van der Waals surface area contributed by atoms with Crippen molar-refractivity contribution in [3.8, 4) is 0 Å². The lowest BCUT2D eigenvalue weighted by atomic mass is 10.1. The molecule has 0 aliphatic rings. The topological polar surface area (TPSA) is 95.4 Å². The van der Waals surface area contributed by atoms with Crippen LogP contribution < -0.4 is 11.1 Å². The molecule has 5 N–H and O–H groups in total. The summed E-state index contributed by atoms with van der Waals surface area (Å²) >= 11 is 0. The first-order chi connectivity index (χ1) is 13.8. The third-order valence-electron chi connectivity index (χ3n) is 5.08. The lowest BCUT2D eigenvalue weighted by molar-refractivity contribution is 0.946. The highest BCUT2D eigenvalue weighted by atomic mass is 15.1. The van der Waals surface area contributed by atoms with Gasteiger partial charge in [-0.05, 0) is 42.7 Å². The molecule has 0 fully saturated rings. The Labute approximate surface area is 161 Å². The van der Waals surface area contributed by atoms with E-state index < -0.39 is 0 Å². The Bertz CT molecular complexity index is 1270. The molecule has 138 valence electrons. The van der Waals surface area contributed by atoms with Crippen LogP contribution in [0.3, 0.4) is 0 Å². The molecule has 0 atom stereocenters. The fourth-order valence-corrected chi connectivity index (χ4v) is 3.60. The minimum Gasteiger partial charge on any atom is -0.383 e. The third-order valence-corrected chi connectivity index (χ3v) is 5.08. The SMILES string of the molecule is Nc1nc(Nc2cccc3[nH]ccc23)ncc1CCc1c[nH]c2ccccc12. The molecule has 0 unspecified atom stereocenters. The van der Waals surface area contributed by atoms with Crippen LogP contribution in [0.1, 0.15) is 11.1 Å². The molecule has 0 saturated carbocycles. The quantitative estimate of drug-likeness (QED) is 0.366. The Morgan fingerprint density at radius 3 is 2.61 bits per heavy atom. The molecule has 28 heavy (non-hydrogen) atoms. The lowest BCUT2D eigenvalue weighted by Crippen LogP contribution is -2.05. The highest BCUT2D eigenvalue weighted by molar-refractivity contribution is 5.93. The Kier molecular flexibility index (Phi) is 3.94. The van der Waals surface area contributed by atoms with E-state index in [4.69, 9.17) is 5.73 Å². The molecule has 0 spiro atoms. The third kappa shape index (κ3) is 2.95. The number of para-hydroxylation sites is 1. The highest BCUT2D eigenvalue weighted by Gasteiger charge is 2.09. The largest absolute Gasteiger partial charge is 0.383 e. The van der Waals surface area contributed by atoms with E-state index in [1.807, 2.05) is 42.7 Å². The molecule has 0 radical (unpaired) electrons. The van der Waals surface area contributed by atoms with Crippen molar-refractivity contribution in [3.05, 3.63) is 78.2 Å². The van der Waals surface area contributed by atoms with Crippen molar-refractivity contribution < 1.29 is 0 Å². The number of nitrogens with one attached hydrogen (secondary N) is 3. The summed E-state index contributed by atoms with van der Waals surface area (Å²) in [4.78, 5) is 15.4. The van der Waals surface area contributed by atoms with Crippen LogP contribution in [0.2, 0.25) is 0 Å². The average Bonchev–Trinajstić information content (AvgIpc) is 3.35. The summed E-state index contributed by atoms with van der Waals surface area (Å²) < 4.78 is 0. The van der Waals surface area contributed by atoms with Gasteiger partial charge in [-0.2, -0.15) is 4.98 Å². The molecule has 0 amide bonds. The van der Waals surface area contributed by atoms with E-state index in [1.54, 1.807) is 0 Å². The molecule has 6 nitrogen and oxygen atoms in total. The monoisotopic (exact) mass is 368 g/mol. The number of H-pyrrole nitrogens is 2. The van der Waals surface area contributed by atoms with Gasteiger partial charge in [0, 0.05) is 46.0 Å². The van der Waals surface area contributed by atoms with E-state index in [1.165, 1.54) is 10.9 Å². The number of nitrogens with zero attached hydrogens (tertiary/aromatic N) is 2. The van der Waals surface area contributed by atoms with Gasteiger partial charge in [0.2, 0.25) is 5.95 Å². The molecule has 0 aliphatic heterocycles. The number of nitrogens with two attached hydrogens (primary N) is 1. The van der Waals surface area contributed by atoms with Gasteiger partial charge in [-0.25, -0.2) is 4.98 Å². The zero-order chi connectivity index (χ0) is 18.9. The van der Waals surface area contributed by atoms with Crippen molar-refractivity contribution in [1.82, 2.24) is 19.9 Å². The van der Waals surface area contributed by atoms with Crippen LogP contribution in [0.15, 0.2) is 67.1 Å². The fraction of sp³-hybridized carbons (Fsp3) is 0.0909. The van der Waals surface area contributed by atoms with E-state index in [2.05, 4.69) is 49.6 Å². The van der Waals surface area contributed by atoms with Crippen molar-refractivity contribution in [2.24, 2.45) is 0 Å². The lowest BCUT2D eigenvalue weighted by Gasteiger charge is -2.09. The first-order valence-corrected chi connectivity index (χ1v) is 9.27. The number of anilines is 3. The van der Waals surface area contributed by atoms with Gasteiger partial charge in [-0.15, -0.1) is 0 Å². The zero-order valence-electron chi connectivity index (χ0n) is 15.2. The van der Waals surface area contributed by atoms with Gasteiger partial charge >= 0.3 is 0 Å². The number of hydrogen-bond acceptors (Lipinski definition) is 4. The van der Waals surface area contributed by atoms with Crippen molar-refractivity contribution in [1.29, 1.82) is 0 Å². The van der Waals surface area contributed by atoms with Gasteiger partial charge in [0.1, 0.15) is 5.82 Å². The minimum atomic E-state index is 0.502. The summed E-state index contributed by atoms with van der Waals surface area (Å²) in [6.07, 6.45) is 7.47. The van der Waals surface area contributed by atoms with Crippen LogP contribution in [0.4, 0.5) is 17.5 Å². The molecule has 0 bridgehead atoms. The number of benzene rings is 2. The van der Waals surface area contributed by atoms with Gasteiger partial charge < -0.3 is 21.0 Å². The first kappa shape index (κ1) is 16.4. The molecule has 5 rings (SSSR count). The van der Waals surface area contributed by atoms with Gasteiger partial charge in [-0.3, -0.25) is 0 Å². The maximum absolute atomic E-state index is 6.21. The van der Waals surface area contributed by atoms with Crippen LogP contribution >= 0.6 is 0 Å². The highest BCUT2D eigenvalue weighted by Crippen LogP contribution is 2.25. The Morgan fingerprint density at radius 2 is 1.68 bits per heavy atom. The summed E-state index contributed by atoms with van der Waals surface area (Å²) in [6.45, 7) is 0. The fourth-order valence-electron chi connectivity index (χ4n) is 3.60. The summed E-state index contributed by atoms with van der Waals surface area (Å²) in [5.41, 5.74) is 11.6. The molecule has 2 aromatic carbocycles. The summed E-state index contributed by atoms with van der Waals surface area (Å²) in [5.74, 6) is 1.01. The maximum atomic E-state index is 6.21. The van der Waals surface area contributed by atoms with E-state index in [0.29, 0.717) is 11.8 Å². The molecule has 6 heteroatoms. The molecule has 3 aromatic heterocycles. The maximum Gasteiger partial charge on any atom is 0.229 e. The Hall–Kier alpha value is -3.80. The van der Waals surface area contributed by atoms with Crippen LogP contribution in [-0.2, 0) is 12.8 Å². The molecule has 3 heterocycles. The first-order valence-electron chi connectivity index (χ1n) is 9.27. The average molecular weight is 368 g/mol. The number of rotatable bonds is 5. The Morgan fingerprint density at radius 1 is 0.857 bits per heavy atom. The predicted molar refractivity (Wildman–Crippen MR) is 114 cm³/mol. The van der Waals surface area contributed by atoms with Crippen molar-refractivity contribution in [3.63, 3.8) is 0 Å². The summed E-state index contributed by atoms with van der Waals surface area (Å²) in [6, 6.07) is 16.4. The molecule has 0 aliphatic carbocycles. The Balaban J connectivity index is 1.34. The molecular weight excluding hydrogens is 348 g/mol. The van der Waals surface area contributed by atoms with Crippen LogP contribution in [0.5, 0.6) is 0 Å². The summed E-state index contributed by atoms with van der Waals surface area (Å²) in [5, 5.41) is 5.61. The van der Waals surface area contributed by atoms with Gasteiger partial charge in [0.15, 0.2) is 0 Å². The van der Waals surface area contributed by atoms with E-state index in [-0.39, 0.29) is 0 Å². The van der Waals surface area contributed by atoms with E-state index in [0.717, 1.165) is 40.5 Å². The zero-order valence-corrected chi connectivity index (χ0v) is 15.2.